The van der Waals surface area contributed by atoms with E-state index >= 15 is 0 Å². The van der Waals surface area contributed by atoms with E-state index in [0.717, 1.165) is 31.8 Å². The molecule has 0 aromatic heterocycles. The van der Waals surface area contributed by atoms with Gasteiger partial charge in [-0.05, 0) is 45.2 Å². The summed E-state index contributed by atoms with van der Waals surface area (Å²) in [5.74, 6) is 0.843. The molecule has 0 spiro atoms. The molecular weight excluding hydrogens is 226 g/mol. The standard InChI is InChI=1S/C14H29N3O/c1-4-5-13(15)14(18)16-10-12(3)17-8-6-11(2)7-9-17/h11-13H,4-10,15H2,1-3H3,(H,16,18). The lowest BCUT2D eigenvalue weighted by molar-refractivity contribution is -0.122. The summed E-state index contributed by atoms with van der Waals surface area (Å²) in [5, 5.41) is 2.97. The molecule has 1 aliphatic rings. The van der Waals surface area contributed by atoms with E-state index in [1.807, 2.05) is 6.92 Å². The third-order valence-electron chi connectivity index (χ3n) is 3.95. The minimum atomic E-state index is -0.344. The Kier molecular flexibility index (Phi) is 6.65. The van der Waals surface area contributed by atoms with Crippen molar-refractivity contribution in [2.24, 2.45) is 11.7 Å². The minimum absolute atomic E-state index is 0.00548. The number of nitrogens with zero attached hydrogens (tertiary/aromatic N) is 1. The van der Waals surface area contributed by atoms with Gasteiger partial charge in [0.25, 0.3) is 0 Å². The van der Waals surface area contributed by atoms with Crippen molar-refractivity contribution in [3.8, 4) is 0 Å². The maximum absolute atomic E-state index is 11.7. The molecule has 0 aromatic carbocycles. The number of piperidine rings is 1. The second kappa shape index (κ2) is 7.74. The smallest absolute Gasteiger partial charge is 0.236 e. The first-order valence-corrected chi connectivity index (χ1v) is 7.32. The van der Waals surface area contributed by atoms with Gasteiger partial charge in [0.2, 0.25) is 5.91 Å². The van der Waals surface area contributed by atoms with E-state index < -0.39 is 0 Å². The van der Waals surface area contributed by atoms with E-state index in [1.165, 1.54) is 12.8 Å². The van der Waals surface area contributed by atoms with Gasteiger partial charge in [0.05, 0.1) is 6.04 Å². The maximum Gasteiger partial charge on any atom is 0.236 e. The highest BCUT2D eigenvalue weighted by Gasteiger charge is 2.21. The summed E-state index contributed by atoms with van der Waals surface area (Å²) in [6, 6.07) is 0.0684. The summed E-state index contributed by atoms with van der Waals surface area (Å²) in [4.78, 5) is 14.2. The second-order valence-corrected chi connectivity index (χ2v) is 5.71. The van der Waals surface area contributed by atoms with E-state index in [-0.39, 0.29) is 11.9 Å². The summed E-state index contributed by atoms with van der Waals surface area (Å²) in [7, 11) is 0. The Morgan fingerprint density at radius 3 is 2.61 bits per heavy atom. The maximum atomic E-state index is 11.7. The van der Waals surface area contributed by atoms with Crippen LogP contribution in [-0.4, -0.2) is 42.5 Å². The summed E-state index contributed by atoms with van der Waals surface area (Å²) >= 11 is 0. The predicted octanol–water partition coefficient (Wildman–Crippen LogP) is 1.35. The first kappa shape index (κ1) is 15.4. The van der Waals surface area contributed by atoms with Crippen LogP contribution < -0.4 is 11.1 Å². The molecule has 0 aliphatic carbocycles. The Bertz CT molecular complexity index is 249. The zero-order chi connectivity index (χ0) is 13.5. The Morgan fingerprint density at radius 1 is 1.44 bits per heavy atom. The average Bonchev–Trinajstić information content (AvgIpc) is 2.36. The van der Waals surface area contributed by atoms with E-state index in [9.17, 15) is 4.79 Å². The van der Waals surface area contributed by atoms with Gasteiger partial charge in [0.1, 0.15) is 0 Å². The number of likely N-dealkylation sites (tertiary alicyclic amines) is 1. The number of hydrogen-bond acceptors (Lipinski definition) is 3. The molecule has 0 radical (unpaired) electrons. The fourth-order valence-electron chi connectivity index (χ4n) is 2.42. The Labute approximate surface area is 111 Å². The Hall–Kier alpha value is -0.610. The quantitative estimate of drug-likeness (QED) is 0.753. The molecule has 0 saturated carbocycles. The van der Waals surface area contributed by atoms with Crippen LogP contribution in [0.3, 0.4) is 0 Å². The van der Waals surface area contributed by atoms with E-state index in [0.29, 0.717) is 12.6 Å². The highest BCUT2D eigenvalue weighted by Crippen LogP contribution is 2.17. The topological polar surface area (TPSA) is 58.4 Å². The van der Waals surface area contributed by atoms with E-state index in [1.54, 1.807) is 0 Å². The number of rotatable bonds is 6. The van der Waals surface area contributed by atoms with Crippen molar-refractivity contribution in [3.05, 3.63) is 0 Å². The van der Waals surface area contributed by atoms with Crippen LogP contribution in [-0.2, 0) is 4.79 Å². The van der Waals surface area contributed by atoms with Crippen molar-refractivity contribution in [2.45, 2.75) is 58.5 Å². The number of nitrogens with two attached hydrogens (primary N) is 1. The molecule has 0 bridgehead atoms. The van der Waals surface area contributed by atoms with Crippen molar-refractivity contribution in [3.63, 3.8) is 0 Å². The van der Waals surface area contributed by atoms with Crippen LogP contribution in [0.4, 0.5) is 0 Å². The third-order valence-corrected chi connectivity index (χ3v) is 3.95. The Morgan fingerprint density at radius 2 is 2.06 bits per heavy atom. The summed E-state index contributed by atoms with van der Waals surface area (Å²) in [5.41, 5.74) is 5.78. The van der Waals surface area contributed by atoms with Crippen molar-refractivity contribution in [1.29, 1.82) is 0 Å². The van der Waals surface area contributed by atoms with Crippen LogP contribution in [0.1, 0.15) is 46.5 Å². The molecule has 1 heterocycles. The van der Waals surface area contributed by atoms with Gasteiger partial charge in [0.15, 0.2) is 0 Å². The monoisotopic (exact) mass is 255 g/mol. The van der Waals surface area contributed by atoms with Crippen molar-refractivity contribution >= 4 is 5.91 Å². The SMILES string of the molecule is CCCC(N)C(=O)NCC(C)N1CCC(C)CC1. The third kappa shape index (κ3) is 4.94. The van der Waals surface area contributed by atoms with Gasteiger partial charge in [-0.3, -0.25) is 9.69 Å². The summed E-state index contributed by atoms with van der Waals surface area (Å²) in [6.45, 7) is 9.56. The molecule has 3 N–H and O–H groups in total. The number of hydrogen-bond donors (Lipinski definition) is 2. The van der Waals surface area contributed by atoms with Gasteiger partial charge in [-0.15, -0.1) is 0 Å². The van der Waals surface area contributed by atoms with Crippen LogP contribution in [0.25, 0.3) is 0 Å². The van der Waals surface area contributed by atoms with Gasteiger partial charge >= 0.3 is 0 Å². The number of nitrogens with one attached hydrogen (secondary N) is 1. The van der Waals surface area contributed by atoms with Gasteiger partial charge in [-0.2, -0.15) is 0 Å². The predicted molar refractivity (Wildman–Crippen MR) is 75.3 cm³/mol. The highest BCUT2D eigenvalue weighted by molar-refractivity contribution is 5.81. The second-order valence-electron chi connectivity index (χ2n) is 5.71. The lowest BCUT2D eigenvalue weighted by Gasteiger charge is -2.35. The number of carbonyl (C=O) groups excluding carboxylic acids is 1. The fourth-order valence-corrected chi connectivity index (χ4v) is 2.42. The molecule has 18 heavy (non-hydrogen) atoms. The number of amides is 1. The first-order chi connectivity index (χ1) is 8.54. The van der Waals surface area contributed by atoms with Crippen LogP contribution in [0.2, 0.25) is 0 Å². The zero-order valence-electron chi connectivity index (χ0n) is 12.1. The summed E-state index contributed by atoms with van der Waals surface area (Å²) in [6.07, 6.45) is 4.26. The molecule has 1 amide bonds. The van der Waals surface area contributed by atoms with Gasteiger partial charge in [-0.1, -0.05) is 20.3 Å². The average molecular weight is 255 g/mol. The molecule has 1 saturated heterocycles. The zero-order valence-corrected chi connectivity index (χ0v) is 12.1. The lowest BCUT2D eigenvalue weighted by atomic mass is 9.98. The van der Waals surface area contributed by atoms with Crippen LogP contribution in [0.15, 0.2) is 0 Å². The molecule has 106 valence electrons. The van der Waals surface area contributed by atoms with Crippen molar-refractivity contribution in [1.82, 2.24) is 10.2 Å². The van der Waals surface area contributed by atoms with Crippen LogP contribution in [0, 0.1) is 5.92 Å². The molecule has 2 unspecified atom stereocenters. The van der Waals surface area contributed by atoms with Crippen LogP contribution in [0.5, 0.6) is 0 Å². The van der Waals surface area contributed by atoms with Crippen LogP contribution >= 0.6 is 0 Å². The van der Waals surface area contributed by atoms with Crippen molar-refractivity contribution in [2.75, 3.05) is 19.6 Å². The van der Waals surface area contributed by atoms with E-state index in [2.05, 4.69) is 24.1 Å². The largest absolute Gasteiger partial charge is 0.353 e. The van der Waals surface area contributed by atoms with E-state index in [4.69, 9.17) is 5.73 Å². The molecule has 4 heteroatoms. The number of carbonyl (C=O) groups is 1. The molecule has 1 rings (SSSR count). The van der Waals surface area contributed by atoms with Gasteiger partial charge < -0.3 is 11.1 Å². The molecular formula is C14H29N3O. The minimum Gasteiger partial charge on any atom is -0.353 e. The lowest BCUT2D eigenvalue weighted by Crippen LogP contribution is -2.48. The molecule has 0 aromatic rings. The molecule has 1 fully saturated rings. The van der Waals surface area contributed by atoms with Crippen molar-refractivity contribution < 1.29 is 4.79 Å². The van der Waals surface area contributed by atoms with Gasteiger partial charge in [0, 0.05) is 12.6 Å². The highest BCUT2D eigenvalue weighted by atomic mass is 16.2. The molecule has 2 atom stereocenters. The fraction of sp³-hybridized carbons (Fsp3) is 0.929. The first-order valence-electron chi connectivity index (χ1n) is 7.32. The molecule has 4 nitrogen and oxygen atoms in total. The molecule has 1 aliphatic heterocycles. The normalized spacial score (nSPS) is 21.6. The van der Waals surface area contributed by atoms with Gasteiger partial charge in [-0.25, -0.2) is 0 Å². The Balaban J connectivity index is 2.24. The summed E-state index contributed by atoms with van der Waals surface area (Å²) < 4.78 is 0.